The van der Waals surface area contributed by atoms with Crippen LogP contribution in [0.4, 0.5) is 4.79 Å². The Labute approximate surface area is 276 Å². The van der Waals surface area contributed by atoms with Gasteiger partial charge in [-0.05, 0) is 63.2 Å². The Morgan fingerprint density at radius 3 is 1.49 bits per heavy atom. The van der Waals surface area contributed by atoms with Gasteiger partial charge in [-0.1, -0.05) is 142 Å². The number of carbonyl (C=O) groups excluding carboxylic acids is 1. The summed E-state index contributed by atoms with van der Waals surface area (Å²) in [7, 11) is 0. The number of hydrogen-bond acceptors (Lipinski definition) is 5. The third-order valence-corrected chi connectivity index (χ3v) is 10.0. The van der Waals surface area contributed by atoms with E-state index in [-0.39, 0.29) is 0 Å². The molecule has 1 rings (SSSR count). The molecule has 0 fully saturated rings. The van der Waals surface area contributed by atoms with Gasteiger partial charge in [-0.25, -0.2) is 4.79 Å². The number of unbranched alkanes of at least 4 members (excludes halogenated alkanes) is 18. The van der Waals surface area contributed by atoms with E-state index in [1.807, 2.05) is 44.3 Å². The molecule has 1 aromatic rings. The molecule has 43 heavy (non-hydrogen) atoms. The maximum Gasteiger partial charge on any atom is 0.514 e. The van der Waals surface area contributed by atoms with Crippen LogP contribution in [0.5, 0.6) is 5.75 Å². The molecule has 0 N–H and O–H groups in total. The highest BCUT2D eigenvalue weighted by atomic mass is 32.2. The van der Waals surface area contributed by atoms with Gasteiger partial charge in [0.25, 0.3) is 0 Å². The molecule has 0 aromatic heterocycles. The minimum absolute atomic E-state index is 0.569. The zero-order valence-electron chi connectivity index (χ0n) is 29.2. The van der Waals surface area contributed by atoms with Crippen molar-refractivity contribution in [2.24, 2.45) is 0 Å². The molecule has 0 aliphatic carbocycles. The molecule has 0 aliphatic rings. The standard InChI is InChI=1S/C38H68O3S2/c1-7-9-11-13-15-17-19-21-23-25-27-42-31-34-29-33(3)36(40-37(39)41-38(4,5)6)35(30-34)32-43-28-26-24-22-20-18-16-14-12-10-8-2/h29-30H,7-28,31-32H2,1-6H3. The summed E-state index contributed by atoms with van der Waals surface area (Å²) in [5.74, 6) is 4.94. The molecule has 0 aliphatic heterocycles. The molecule has 0 amide bonds. The van der Waals surface area contributed by atoms with E-state index in [4.69, 9.17) is 9.47 Å². The van der Waals surface area contributed by atoms with E-state index in [1.54, 1.807) is 0 Å². The van der Waals surface area contributed by atoms with Crippen molar-refractivity contribution in [2.45, 2.75) is 187 Å². The van der Waals surface area contributed by atoms with Gasteiger partial charge in [0.1, 0.15) is 11.4 Å². The largest absolute Gasteiger partial charge is 0.514 e. The molecular weight excluding hydrogens is 569 g/mol. The zero-order chi connectivity index (χ0) is 31.6. The van der Waals surface area contributed by atoms with Crippen LogP contribution in [-0.2, 0) is 16.2 Å². The van der Waals surface area contributed by atoms with Gasteiger partial charge < -0.3 is 9.47 Å². The fourth-order valence-electron chi connectivity index (χ4n) is 5.37. The van der Waals surface area contributed by atoms with Crippen LogP contribution in [-0.4, -0.2) is 23.3 Å². The Bertz CT molecular complexity index is 818. The van der Waals surface area contributed by atoms with Gasteiger partial charge in [0, 0.05) is 17.1 Å². The fraction of sp³-hybridized carbons (Fsp3) is 0.816. The highest BCUT2D eigenvalue weighted by Crippen LogP contribution is 2.32. The molecular formula is C38H68O3S2. The monoisotopic (exact) mass is 636 g/mol. The average Bonchev–Trinajstić information content (AvgIpc) is 2.95. The van der Waals surface area contributed by atoms with E-state index < -0.39 is 11.8 Å². The van der Waals surface area contributed by atoms with E-state index in [1.165, 1.54) is 140 Å². The summed E-state index contributed by atoms with van der Waals surface area (Å²) in [4.78, 5) is 12.5. The summed E-state index contributed by atoms with van der Waals surface area (Å²) in [6.07, 6.45) is 26.9. The van der Waals surface area contributed by atoms with E-state index >= 15 is 0 Å². The SMILES string of the molecule is CCCCCCCCCCCCSCc1cc(C)c(OC(=O)OC(C)(C)C)c(CSCCCCCCCCCCCC)c1. The van der Waals surface area contributed by atoms with Crippen LogP contribution in [0.2, 0.25) is 0 Å². The molecule has 0 saturated heterocycles. The van der Waals surface area contributed by atoms with Gasteiger partial charge >= 0.3 is 6.16 Å². The molecule has 0 bridgehead atoms. The quantitative estimate of drug-likeness (QED) is 0.0545. The molecule has 1 aromatic carbocycles. The lowest BCUT2D eigenvalue weighted by Crippen LogP contribution is -2.26. The van der Waals surface area contributed by atoms with Crippen LogP contribution in [0.15, 0.2) is 12.1 Å². The molecule has 250 valence electrons. The van der Waals surface area contributed by atoms with Crippen molar-refractivity contribution in [3.05, 3.63) is 28.8 Å². The molecule has 0 heterocycles. The Morgan fingerprint density at radius 2 is 1.05 bits per heavy atom. The number of benzene rings is 1. The van der Waals surface area contributed by atoms with Crippen LogP contribution < -0.4 is 4.74 Å². The van der Waals surface area contributed by atoms with E-state index in [9.17, 15) is 4.79 Å². The first-order valence-corrected chi connectivity index (χ1v) is 20.3. The minimum Gasteiger partial charge on any atom is -0.428 e. The van der Waals surface area contributed by atoms with Crippen molar-refractivity contribution in [3.63, 3.8) is 0 Å². The lowest BCUT2D eigenvalue weighted by atomic mass is 10.1. The fourth-order valence-corrected chi connectivity index (χ4v) is 7.32. The van der Waals surface area contributed by atoms with Gasteiger partial charge in [0.05, 0.1) is 0 Å². The summed E-state index contributed by atoms with van der Waals surface area (Å²) in [6.45, 7) is 12.3. The van der Waals surface area contributed by atoms with Crippen molar-refractivity contribution in [1.29, 1.82) is 0 Å². The zero-order valence-corrected chi connectivity index (χ0v) is 30.8. The van der Waals surface area contributed by atoms with Gasteiger partial charge in [0.15, 0.2) is 0 Å². The summed E-state index contributed by atoms with van der Waals surface area (Å²) in [5.41, 5.74) is 2.91. The third-order valence-electron chi connectivity index (χ3n) is 7.80. The predicted molar refractivity (Wildman–Crippen MR) is 194 cm³/mol. The molecule has 0 saturated carbocycles. The van der Waals surface area contributed by atoms with Crippen LogP contribution in [0.1, 0.15) is 180 Å². The molecule has 0 atom stereocenters. The maximum atomic E-state index is 12.5. The molecule has 5 heteroatoms. The first-order valence-electron chi connectivity index (χ1n) is 18.0. The highest BCUT2D eigenvalue weighted by Gasteiger charge is 2.21. The summed E-state index contributed by atoms with van der Waals surface area (Å²) >= 11 is 4.00. The number of rotatable bonds is 27. The Kier molecular flexibility index (Phi) is 24.7. The molecule has 0 spiro atoms. The van der Waals surface area contributed by atoms with Crippen molar-refractivity contribution >= 4 is 29.7 Å². The highest BCUT2D eigenvalue weighted by molar-refractivity contribution is 7.98. The molecule has 3 nitrogen and oxygen atoms in total. The maximum absolute atomic E-state index is 12.5. The normalized spacial score (nSPS) is 11.7. The van der Waals surface area contributed by atoms with E-state index in [0.29, 0.717) is 5.75 Å². The number of aryl methyl sites for hydroxylation is 1. The van der Waals surface area contributed by atoms with Gasteiger partial charge in [0.2, 0.25) is 0 Å². The summed E-state index contributed by atoms with van der Waals surface area (Å²) in [6, 6.07) is 4.46. The van der Waals surface area contributed by atoms with Gasteiger partial charge in [-0.2, -0.15) is 23.5 Å². The van der Waals surface area contributed by atoms with Crippen molar-refractivity contribution in [3.8, 4) is 5.75 Å². The van der Waals surface area contributed by atoms with Crippen molar-refractivity contribution in [1.82, 2.24) is 0 Å². The molecule has 0 radical (unpaired) electrons. The average molecular weight is 637 g/mol. The topological polar surface area (TPSA) is 35.5 Å². The van der Waals surface area contributed by atoms with Crippen molar-refractivity contribution in [2.75, 3.05) is 11.5 Å². The van der Waals surface area contributed by atoms with Crippen LogP contribution in [0.25, 0.3) is 0 Å². The molecule has 0 unspecified atom stereocenters. The number of ether oxygens (including phenoxy) is 2. The Morgan fingerprint density at radius 1 is 0.628 bits per heavy atom. The number of carbonyl (C=O) groups is 1. The lowest BCUT2D eigenvalue weighted by Gasteiger charge is -2.20. The van der Waals surface area contributed by atoms with Crippen molar-refractivity contribution < 1.29 is 14.3 Å². The summed E-state index contributed by atoms with van der Waals surface area (Å²) in [5, 5.41) is 0. The number of thioether (sulfide) groups is 2. The van der Waals surface area contributed by atoms with Crippen LogP contribution in [0, 0.1) is 6.92 Å². The lowest BCUT2D eigenvalue weighted by molar-refractivity contribution is 0.0203. The van der Waals surface area contributed by atoms with Crippen LogP contribution >= 0.6 is 23.5 Å². The first-order chi connectivity index (χ1) is 20.8. The Balaban J connectivity index is 2.47. The van der Waals surface area contributed by atoms with E-state index in [2.05, 4.69) is 32.9 Å². The smallest absolute Gasteiger partial charge is 0.428 e. The van der Waals surface area contributed by atoms with Crippen LogP contribution in [0.3, 0.4) is 0 Å². The number of hydrogen-bond donors (Lipinski definition) is 0. The second-order valence-electron chi connectivity index (χ2n) is 13.4. The Hall–Kier alpha value is -0.810. The first kappa shape index (κ1) is 40.2. The second kappa shape index (κ2) is 26.4. The van der Waals surface area contributed by atoms with E-state index in [0.717, 1.165) is 28.4 Å². The predicted octanol–water partition coefficient (Wildman–Crippen LogP) is 13.6. The third kappa shape index (κ3) is 23.2. The van der Waals surface area contributed by atoms with Gasteiger partial charge in [-0.3, -0.25) is 0 Å². The summed E-state index contributed by atoms with van der Waals surface area (Å²) < 4.78 is 11.3. The second-order valence-corrected chi connectivity index (χ2v) is 15.6. The van der Waals surface area contributed by atoms with Gasteiger partial charge in [-0.15, -0.1) is 0 Å². The minimum atomic E-state index is -0.611.